The molecule has 1 unspecified atom stereocenters. The second-order valence-corrected chi connectivity index (χ2v) is 6.03. The van der Waals surface area contributed by atoms with Crippen LogP contribution in [-0.2, 0) is 10.3 Å². The van der Waals surface area contributed by atoms with E-state index in [-0.39, 0.29) is 5.60 Å². The van der Waals surface area contributed by atoms with Gasteiger partial charge in [-0.3, -0.25) is 0 Å². The second-order valence-electron chi connectivity index (χ2n) is 6.03. The summed E-state index contributed by atoms with van der Waals surface area (Å²) in [4.78, 5) is 0. The van der Waals surface area contributed by atoms with Crippen molar-refractivity contribution in [3.8, 4) is 11.1 Å². The predicted octanol–water partition coefficient (Wildman–Crippen LogP) is 5.88. The van der Waals surface area contributed by atoms with Gasteiger partial charge in [-0.2, -0.15) is 0 Å². The molecular weight excluding hydrogens is 280 g/mol. The molecular formula is C22H24O. The third-order valence-electron chi connectivity index (χ3n) is 4.37. The van der Waals surface area contributed by atoms with E-state index in [0.717, 1.165) is 25.9 Å². The van der Waals surface area contributed by atoms with Crippen LogP contribution >= 0.6 is 0 Å². The van der Waals surface area contributed by atoms with Crippen molar-refractivity contribution in [3.05, 3.63) is 84.5 Å². The van der Waals surface area contributed by atoms with Crippen LogP contribution in [0, 0.1) is 0 Å². The average molecular weight is 304 g/mol. The largest absolute Gasteiger partial charge is 0.366 e. The summed E-state index contributed by atoms with van der Waals surface area (Å²) in [6.45, 7) is 3.00. The monoisotopic (exact) mass is 304 g/mol. The highest BCUT2D eigenvalue weighted by Gasteiger charge is 2.30. The summed E-state index contributed by atoms with van der Waals surface area (Å²) >= 11 is 0. The molecule has 1 heteroatoms. The summed E-state index contributed by atoms with van der Waals surface area (Å²) < 4.78 is 6.30. The lowest BCUT2D eigenvalue weighted by Crippen LogP contribution is -2.28. The number of hydrogen-bond acceptors (Lipinski definition) is 1. The molecule has 0 aliphatic heterocycles. The molecule has 0 N–H and O–H groups in total. The van der Waals surface area contributed by atoms with Crippen molar-refractivity contribution in [2.75, 3.05) is 6.61 Å². The highest BCUT2D eigenvalue weighted by atomic mass is 16.5. The van der Waals surface area contributed by atoms with Crippen molar-refractivity contribution in [1.29, 1.82) is 0 Å². The van der Waals surface area contributed by atoms with Crippen molar-refractivity contribution in [1.82, 2.24) is 0 Å². The molecule has 0 spiro atoms. The first kappa shape index (κ1) is 15.8. The van der Waals surface area contributed by atoms with Gasteiger partial charge in [-0.05, 0) is 29.2 Å². The Bertz CT molecular complexity index is 667. The summed E-state index contributed by atoms with van der Waals surface area (Å²) in [5.74, 6) is 0. The minimum Gasteiger partial charge on any atom is -0.366 e. The SMILES string of the molecule is CCCCOC1(c2ccc(-c3ccccc3)cc2)C=CC=CC1. The van der Waals surface area contributed by atoms with E-state index in [4.69, 9.17) is 4.74 Å². The van der Waals surface area contributed by atoms with Crippen LogP contribution in [0.5, 0.6) is 0 Å². The standard InChI is InChI=1S/C22H24O/c1-2-3-18-23-22(16-8-5-9-17-22)21-14-12-20(13-15-21)19-10-6-4-7-11-19/h4-16H,2-3,17-18H2,1H3. The normalized spacial score (nSPS) is 19.9. The molecule has 0 aromatic heterocycles. The maximum absolute atomic E-state index is 6.30. The molecule has 1 atom stereocenters. The molecule has 3 rings (SSSR count). The maximum atomic E-state index is 6.30. The second kappa shape index (κ2) is 7.43. The van der Waals surface area contributed by atoms with Crippen LogP contribution in [0.25, 0.3) is 11.1 Å². The van der Waals surface area contributed by atoms with Gasteiger partial charge in [0, 0.05) is 13.0 Å². The Morgan fingerprint density at radius 1 is 0.913 bits per heavy atom. The molecule has 0 amide bonds. The minimum atomic E-state index is -0.306. The van der Waals surface area contributed by atoms with Gasteiger partial charge in [0.25, 0.3) is 0 Å². The Morgan fingerprint density at radius 2 is 1.65 bits per heavy atom. The van der Waals surface area contributed by atoms with E-state index < -0.39 is 0 Å². The Hall–Kier alpha value is -2.12. The zero-order chi connectivity index (χ0) is 16.0. The fourth-order valence-corrected chi connectivity index (χ4v) is 2.98. The topological polar surface area (TPSA) is 9.23 Å². The van der Waals surface area contributed by atoms with Crippen molar-refractivity contribution >= 4 is 0 Å². The molecule has 0 radical (unpaired) electrons. The van der Waals surface area contributed by atoms with Crippen LogP contribution in [0.15, 0.2) is 78.9 Å². The van der Waals surface area contributed by atoms with E-state index in [1.54, 1.807) is 0 Å². The number of benzene rings is 2. The number of ether oxygens (including phenoxy) is 1. The highest BCUT2D eigenvalue weighted by molar-refractivity contribution is 5.63. The predicted molar refractivity (Wildman–Crippen MR) is 97.3 cm³/mol. The summed E-state index contributed by atoms with van der Waals surface area (Å²) in [6, 6.07) is 19.3. The van der Waals surface area contributed by atoms with Crippen LogP contribution in [0.1, 0.15) is 31.7 Å². The van der Waals surface area contributed by atoms with Gasteiger partial charge < -0.3 is 4.74 Å². The van der Waals surface area contributed by atoms with Crippen LogP contribution in [0.4, 0.5) is 0 Å². The summed E-state index contributed by atoms with van der Waals surface area (Å²) in [7, 11) is 0. The van der Waals surface area contributed by atoms with Crippen LogP contribution in [0.3, 0.4) is 0 Å². The Labute approximate surface area is 139 Å². The van der Waals surface area contributed by atoms with Gasteiger partial charge in [-0.25, -0.2) is 0 Å². The average Bonchev–Trinajstić information content (AvgIpc) is 2.64. The third-order valence-corrected chi connectivity index (χ3v) is 4.37. The quantitative estimate of drug-likeness (QED) is 0.605. The fourth-order valence-electron chi connectivity index (χ4n) is 2.98. The molecule has 0 saturated heterocycles. The van der Waals surface area contributed by atoms with Crippen LogP contribution < -0.4 is 0 Å². The lowest BCUT2D eigenvalue weighted by molar-refractivity contribution is -0.0125. The van der Waals surface area contributed by atoms with E-state index in [2.05, 4.69) is 79.8 Å². The van der Waals surface area contributed by atoms with Crippen molar-refractivity contribution in [3.63, 3.8) is 0 Å². The number of allylic oxidation sites excluding steroid dienone is 2. The highest BCUT2D eigenvalue weighted by Crippen LogP contribution is 2.35. The van der Waals surface area contributed by atoms with Gasteiger partial charge in [0.15, 0.2) is 0 Å². The molecule has 23 heavy (non-hydrogen) atoms. The van der Waals surface area contributed by atoms with Gasteiger partial charge in [-0.1, -0.05) is 86.2 Å². The molecule has 1 aliphatic carbocycles. The molecule has 2 aromatic rings. The van der Waals surface area contributed by atoms with Gasteiger partial charge in [0.05, 0.1) is 0 Å². The molecule has 0 bridgehead atoms. The summed E-state index contributed by atoms with van der Waals surface area (Å²) in [6.07, 6.45) is 11.7. The molecule has 0 heterocycles. The zero-order valence-electron chi connectivity index (χ0n) is 13.7. The first-order chi connectivity index (χ1) is 11.3. The molecule has 1 aliphatic rings. The number of unbranched alkanes of at least 4 members (excludes halogenated alkanes) is 1. The fraction of sp³-hybridized carbons (Fsp3) is 0.273. The smallest absolute Gasteiger partial charge is 0.115 e. The molecule has 0 saturated carbocycles. The Balaban J connectivity index is 1.85. The van der Waals surface area contributed by atoms with Crippen molar-refractivity contribution < 1.29 is 4.74 Å². The van der Waals surface area contributed by atoms with Crippen molar-refractivity contribution in [2.24, 2.45) is 0 Å². The van der Waals surface area contributed by atoms with Gasteiger partial charge >= 0.3 is 0 Å². The lowest BCUT2D eigenvalue weighted by Gasteiger charge is -2.32. The molecule has 1 nitrogen and oxygen atoms in total. The number of rotatable bonds is 6. The number of hydrogen-bond donors (Lipinski definition) is 0. The third kappa shape index (κ3) is 3.62. The van der Waals surface area contributed by atoms with E-state index in [9.17, 15) is 0 Å². The van der Waals surface area contributed by atoms with Gasteiger partial charge in [0.1, 0.15) is 5.60 Å². The van der Waals surface area contributed by atoms with E-state index in [1.165, 1.54) is 16.7 Å². The van der Waals surface area contributed by atoms with Crippen molar-refractivity contribution in [2.45, 2.75) is 31.8 Å². The first-order valence-electron chi connectivity index (χ1n) is 8.48. The van der Waals surface area contributed by atoms with E-state index in [1.807, 2.05) is 6.07 Å². The lowest BCUT2D eigenvalue weighted by atomic mass is 9.86. The maximum Gasteiger partial charge on any atom is 0.115 e. The minimum absolute atomic E-state index is 0.306. The summed E-state index contributed by atoms with van der Waals surface area (Å²) in [5.41, 5.74) is 3.42. The molecule has 2 aromatic carbocycles. The van der Waals surface area contributed by atoms with Gasteiger partial charge in [-0.15, -0.1) is 0 Å². The zero-order valence-corrected chi connectivity index (χ0v) is 13.7. The Morgan fingerprint density at radius 3 is 2.30 bits per heavy atom. The van der Waals surface area contributed by atoms with Crippen LogP contribution in [-0.4, -0.2) is 6.61 Å². The Kier molecular flexibility index (Phi) is 5.09. The van der Waals surface area contributed by atoms with E-state index in [0.29, 0.717) is 0 Å². The molecule has 118 valence electrons. The van der Waals surface area contributed by atoms with Gasteiger partial charge in [0.2, 0.25) is 0 Å². The summed E-state index contributed by atoms with van der Waals surface area (Å²) in [5, 5.41) is 0. The van der Waals surface area contributed by atoms with E-state index >= 15 is 0 Å². The molecule has 0 fully saturated rings. The first-order valence-corrected chi connectivity index (χ1v) is 8.48. The van der Waals surface area contributed by atoms with Crippen LogP contribution in [0.2, 0.25) is 0 Å².